The largest absolute Gasteiger partial charge is 0.477 e. The molecule has 3 N–H and O–H groups in total. The smallest absolute Gasteiger partial charge is 0.346 e. The Hall–Kier alpha value is -2.41. The van der Waals surface area contributed by atoms with Crippen LogP contribution in [-0.4, -0.2) is 22.0 Å². The van der Waals surface area contributed by atoms with Crippen molar-refractivity contribution < 1.29 is 14.7 Å². The number of amides is 1. The van der Waals surface area contributed by atoms with E-state index < -0.39 is 17.4 Å². The van der Waals surface area contributed by atoms with E-state index >= 15 is 0 Å². The number of hydrogen-bond acceptors (Lipinski definition) is 4. The molecule has 20 heavy (non-hydrogen) atoms. The minimum Gasteiger partial charge on any atom is -0.477 e. The first-order valence-corrected chi connectivity index (χ1v) is 6.55. The highest BCUT2D eigenvalue weighted by molar-refractivity contribution is 7.18. The number of carboxylic acids is 1. The molecule has 2 rings (SSSR count). The summed E-state index contributed by atoms with van der Waals surface area (Å²) in [6.07, 6.45) is 0. The van der Waals surface area contributed by atoms with Crippen molar-refractivity contribution in [3.63, 3.8) is 0 Å². The number of rotatable bonds is 3. The highest BCUT2D eigenvalue weighted by Crippen LogP contribution is 2.26. The highest BCUT2D eigenvalue weighted by atomic mass is 32.1. The van der Waals surface area contributed by atoms with E-state index in [1.54, 1.807) is 26.0 Å². The fourth-order valence-corrected chi connectivity index (χ4v) is 2.59. The van der Waals surface area contributed by atoms with Gasteiger partial charge in [-0.15, -0.1) is 11.3 Å². The van der Waals surface area contributed by atoms with Crippen molar-refractivity contribution in [2.75, 3.05) is 5.32 Å². The van der Waals surface area contributed by atoms with E-state index in [4.69, 9.17) is 5.11 Å². The molecule has 0 aromatic carbocycles. The topological polar surface area (TPSA) is 99.3 Å². The van der Waals surface area contributed by atoms with Crippen LogP contribution >= 0.6 is 11.3 Å². The van der Waals surface area contributed by atoms with E-state index in [0.717, 1.165) is 11.3 Å². The average molecular weight is 292 g/mol. The van der Waals surface area contributed by atoms with E-state index in [-0.39, 0.29) is 10.4 Å². The summed E-state index contributed by atoms with van der Waals surface area (Å²) in [7, 11) is 0. The van der Waals surface area contributed by atoms with Crippen LogP contribution in [0.5, 0.6) is 0 Å². The fraction of sp³-hybridized carbons (Fsp3) is 0.154. The van der Waals surface area contributed by atoms with Crippen molar-refractivity contribution in [1.29, 1.82) is 0 Å². The predicted molar refractivity (Wildman–Crippen MR) is 75.8 cm³/mol. The molecule has 0 atom stereocenters. The van der Waals surface area contributed by atoms with Gasteiger partial charge in [0.05, 0.1) is 5.00 Å². The van der Waals surface area contributed by atoms with Crippen LogP contribution in [0.3, 0.4) is 0 Å². The van der Waals surface area contributed by atoms with Gasteiger partial charge in [-0.25, -0.2) is 4.79 Å². The van der Waals surface area contributed by atoms with Gasteiger partial charge < -0.3 is 15.4 Å². The number of aromatic carboxylic acids is 1. The molecule has 0 spiro atoms. The zero-order valence-corrected chi connectivity index (χ0v) is 11.6. The van der Waals surface area contributed by atoms with Gasteiger partial charge in [0, 0.05) is 5.69 Å². The number of thiophene rings is 1. The summed E-state index contributed by atoms with van der Waals surface area (Å²) in [4.78, 5) is 37.2. The van der Waals surface area contributed by atoms with Gasteiger partial charge in [-0.3, -0.25) is 9.59 Å². The predicted octanol–water partition coefficient (Wildman–Crippen LogP) is 2.00. The molecule has 2 heterocycles. The molecule has 0 bridgehead atoms. The van der Waals surface area contributed by atoms with Crippen molar-refractivity contribution in [3.8, 4) is 0 Å². The SMILES string of the molecule is Cc1ccc(C(=O)Nc2cc(C)c(C(=O)O)s2)c(=O)[nH]1. The Morgan fingerprint density at radius 1 is 1.30 bits per heavy atom. The third-order valence-electron chi connectivity index (χ3n) is 2.65. The van der Waals surface area contributed by atoms with Crippen LogP contribution in [0.25, 0.3) is 0 Å². The number of aromatic amines is 1. The fourth-order valence-electron chi connectivity index (χ4n) is 1.69. The van der Waals surface area contributed by atoms with E-state index in [0.29, 0.717) is 16.3 Å². The molecular weight excluding hydrogens is 280 g/mol. The second kappa shape index (κ2) is 5.30. The summed E-state index contributed by atoms with van der Waals surface area (Å²) in [5.41, 5.74) is 0.732. The zero-order chi connectivity index (χ0) is 14.9. The Balaban J connectivity index is 2.26. The van der Waals surface area contributed by atoms with Crippen LogP contribution < -0.4 is 10.9 Å². The summed E-state index contributed by atoms with van der Waals surface area (Å²) in [6, 6.07) is 4.62. The minimum absolute atomic E-state index is 0.0153. The van der Waals surface area contributed by atoms with Crippen LogP contribution in [0.15, 0.2) is 23.0 Å². The number of carbonyl (C=O) groups is 2. The van der Waals surface area contributed by atoms with Crippen molar-refractivity contribution >= 4 is 28.2 Å². The number of pyridine rings is 1. The number of carboxylic acid groups (broad SMARTS) is 1. The van der Waals surface area contributed by atoms with E-state index in [2.05, 4.69) is 10.3 Å². The second-order valence-corrected chi connectivity index (χ2v) is 5.32. The summed E-state index contributed by atoms with van der Waals surface area (Å²) in [5, 5.41) is 11.9. The van der Waals surface area contributed by atoms with Crippen LogP contribution in [0.1, 0.15) is 31.3 Å². The average Bonchev–Trinajstić information content (AvgIpc) is 2.70. The highest BCUT2D eigenvalue weighted by Gasteiger charge is 2.16. The molecule has 0 unspecified atom stereocenters. The van der Waals surface area contributed by atoms with Gasteiger partial charge in [-0.05, 0) is 37.6 Å². The number of nitrogens with one attached hydrogen (secondary N) is 2. The Kier molecular flexibility index (Phi) is 3.71. The Morgan fingerprint density at radius 3 is 2.55 bits per heavy atom. The van der Waals surface area contributed by atoms with Crippen molar-refractivity contribution in [2.24, 2.45) is 0 Å². The summed E-state index contributed by atoms with van der Waals surface area (Å²) in [5.74, 6) is -1.61. The maximum absolute atomic E-state index is 12.0. The quantitative estimate of drug-likeness (QED) is 0.805. The first kappa shape index (κ1) is 14.0. The van der Waals surface area contributed by atoms with Gasteiger partial charge in [0.25, 0.3) is 11.5 Å². The minimum atomic E-state index is -1.04. The lowest BCUT2D eigenvalue weighted by Gasteiger charge is -2.02. The molecule has 0 radical (unpaired) electrons. The van der Waals surface area contributed by atoms with Gasteiger partial charge in [0.15, 0.2) is 0 Å². The lowest BCUT2D eigenvalue weighted by Crippen LogP contribution is -2.22. The van der Waals surface area contributed by atoms with Crippen LogP contribution in [0, 0.1) is 13.8 Å². The number of H-pyrrole nitrogens is 1. The first-order valence-electron chi connectivity index (χ1n) is 5.73. The molecule has 2 aromatic heterocycles. The van der Waals surface area contributed by atoms with Crippen molar-refractivity contribution in [3.05, 3.63) is 50.3 Å². The third kappa shape index (κ3) is 2.77. The number of carbonyl (C=O) groups excluding carboxylic acids is 1. The molecule has 0 aliphatic heterocycles. The lowest BCUT2D eigenvalue weighted by atomic mass is 10.2. The van der Waals surface area contributed by atoms with Crippen LogP contribution in [0.2, 0.25) is 0 Å². The molecule has 0 aliphatic carbocycles. The molecule has 0 aliphatic rings. The second-order valence-electron chi connectivity index (χ2n) is 4.27. The number of aryl methyl sites for hydroxylation is 2. The Labute approximate surface area is 118 Å². The van der Waals surface area contributed by atoms with E-state index in [1.807, 2.05) is 0 Å². The molecule has 7 heteroatoms. The summed E-state index contributed by atoms with van der Waals surface area (Å²) in [6.45, 7) is 3.36. The molecule has 0 fully saturated rings. The Bertz CT molecular complexity index is 745. The molecule has 1 amide bonds. The van der Waals surface area contributed by atoms with Gasteiger partial charge in [-0.2, -0.15) is 0 Å². The number of anilines is 1. The van der Waals surface area contributed by atoms with E-state index in [9.17, 15) is 14.4 Å². The normalized spacial score (nSPS) is 10.3. The zero-order valence-electron chi connectivity index (χ0n) is 10.8. The summed E-state index contributed by atoms with van der Waals surface area (Å²) < 4.78 is 0. The molecular formula is C13H12N2O4S. The Morgan fingerprint density at radius 2 is 2.00 bits per heavy atom. The molecule has 104 valence electrons. The van der Waals surface area contributed by atoms with Crippen LogP contribution in [-0.2, 0) is 0 Å². The summed E-state index contributed by atoms with van der Waals surface area (Å²) >= 11 is 0.956. The van der Waals surface area contributed by atoms with Crippen molar-refractivity contribution in [2.45, 2.75) is 13.8 Å². The lowest BCUT2D eigenvalue weighted by molar-refractivity contribution is 0.0701. The van der Waals surface area contributed by atoms with Gasteiger partial charge in [-0.1, -0.05) is 0 Å². The number of hydrogen-bond donors (Lipinski definition) is 3. The van der Waals surface area contributed by atoms with Gasteiger partial charge >= 0.3 is 5.97 Å². The third-order valence-corrected chi connectivity index (χ3v) is 3.79. The van der Waals surface area contributed by atoms with Gasteiger partial charge in [0.2, 0.25) is 0 Å². The maximum atomic E-state index is 12.0. The van der Waals surface area contributed by atoms with Crippen molar-refractivity contribution in [1.82, 2.24) is 4.98 Å². The molecule has 6 nitrogen and oxygen atoms in total. The number of aromatic nitrogens is 1. The standard InChI is InChI=1S/C13H12N2O4S/c1-6-5-9(20-10(6)13(18)19)15-12(17)8-4-3-7(2)14-11(8)16/h3-5H,1-2H3,(H,14,16)(H,15,17)(H,18,19). The molecule has 0 saturated carbocycles. The monoisotopic (exact) mass is 292 g/mol. The maximum Gasteiger partial charge on any atom is 0.346 e. The van der Waals surface area contributed by atoms with E-state index in [1.165, 1.54) is 6.07 Å². The molecule has 2 aromatic rings. The van der Waals surface area contributed by atoms with Crippen LogP contribution in [0.4, 0.5) is 5.00 Å². The molecule has 0 saturated heterocycles. The first-order chi connectivity index (χ1) is 9.38. The van der Waals surface area contributed by atoms with Gasteiger partial charge in [0.1, 0.15) is 10.4 Å².